The van der Waals surface area contributed by atoms with E-state index in [1.807, 2.05) is 0 Å². The van der Waals surface area contributed by atoms with Gasteiger partial charge in [0, 0.05) is 51.1 Å². The van der Waals surface area contributed by atoms with Crippen LogP contribution in [0.2, 0.25) is 0 Å². The fourth-order valence-corrected chi connectivity index (χ4v) is 4.61. The lowest BCUT2D eigenvalue weighted by molar-refractivity contribution is 0.153. The maximum atomic E-state index is 3.71. The minimum Gasteiger partial charge on any atom is -0.304 e. The Morgan fingerprint density at radius 2 is 1.65 bits per heavy atom. The largest absolute Gasteiger partial charge is 0.304 e. The molecular formula is C18H38N4S. The summed E-state index contributed by atoms with van der Waals surface area (Å²) in [4.78, 5) is 7.73. The van der Waals surface area contributed by atoms with E-state index >= 15 is 0 Å². The van der Waals surface area contributed by atoms with Crippen molar-refractivity contribution in [2.24, 2.45) is 5.92 Å². The first-order chi connectivity index (χ1) is 11.0. The average molecular weight is 343 g/mol. The Hall–Kier alpha value is 0.190. The number of nitrogens with zero attached hydrogens (tertiary/aromatic N) is 3. The molecule has 0 aromatic carbocycles. The summed E-state index contributed by atoms with van der Waals surface area (Å²) >= 11 is 2.16. The van der Waals surface area contributed by atoms with Gasteiger partial charge in [0.05, 0.1) is 5.37 Å². The highest BCUT2D eigenvalue weighted by Gasteiger charge is 2.22. The minimum absolute atomic E-state index is 0.624. The molecule has 2 aliphatic rings. The van der Waals surface area contributed by atoms with E-state index in [0.717, 1.165) is 17.7 Å². The summed E-state index contributed by atoms with van der Waals surface area (Å²) in [6.45, 7) is 18.2. The van der Waals surface area contributed by atoms with E-state index < -0.39 is 0 Å². The normalized spacial score (nSPS) is 26.7. The lowest BCUT2D eigenvalue weighted by atomic mass is 10.1. The van der Waals surface area contributed by atoms with Crippen molar-refractivity contribution in [3.63, 3.8) is 0 Å². The molecule has 2 aliphatic heterocycles. The van der Waals surface area contributed by atoms with Crippen LogP contribution >= 0.6 is 11.8 Å². The Kier molecular flexibility index (Phi) is 8.69. The van der Waals surface area contributed by atoms with E-state index in [4.69, 9.17) is 0 Å². The van der Waals surface area contributed by atoms with Crippen LogP contribution in [0.3, 0.4) is 0 Å². The van der Waals surface area contributed by atoms with Gasteiger partial charge >= 0.3 is 0 Å². The number of piperazine rings is 2. The van der Waals surface area contributed by atoms with Crippen molar-refractivity contribution < 1.29 is 0 Å². The van der Waals surface area contributed by atoms with Gasteiger partial charge in [0.15, 0.2) is 0 Å². The Labute approximate surface area is 148 Å². The molecule has 0 radical (unpaired) electrons. The molecule has 23 heavy (non-hydrogen) atoms. The molecule has 1 N–H and O–H groups in total. The molecule has 0 bridgehead atoms. The van der Waals surface area contributed by atoms with E-state index in [9.17, 15) is 0 Å². The van der Waals surface area contributed by atoms with E-state index in [-0.39, 0.29) is 0 Å². The van der Waals surface area contributed by atoms with E-state index in [0.29, 0.717) is 5.37 Å². The minimum atomic E-state index is 0.624. The van der Waals surface area contributed by atoms with Crippen LogP contribution in [0, 0.1) is 5.92 Å². The predicted molar refractivity (Wildman–Crippen MR) is 103 cm³/mol. The zero-order valence-corrected chi connectivity index (χ0v) is 16.6. The SMILES string of the molecule is CC(C)CCN1CCNC(SC(C)CCN2CCN(C)CC2)C1. The van der Waals surface area contributed by atoms with E-state index in [2.05, 4.69) is 59.6 Å². The fourth-order valence-electron chi connectivity index (χ4n) is 3.29. The second kappa shape index (κ2) is 10.2. The summed E-state index contributed by atoms with van der Waals surface area (Å²) in [6, 6.07) is 0. The Bertz CT molecular complexity index is 318. The fraction of sp³-hybridized carbons (Fsp3) is 1.00. The van der Waals surface area contributed by atoms with Crippen molar-refractivity contribution in [3.05, 3.63) is 0 Å². The highest BCUT2D eigenvalue weighted by Crippen LogP contribution is 2.22. The molecule has 0 spiro atoms. The van der Waals surface area contributed by atoms with Crippen LogP contribution in [-0.4, -0.2) is 91.3 Å². The van der Waals surface area contributed by atoms with Gasteiger partial charge in [0.1, 0.15) is 0 Å². The molecule has 0 aromatic rings. The van der Waals surface area contributed by atoms with Gasteiger partial charge in [-0.05, 0) is 38.9 Å². The van der Waals surface area contributed by atoms with Crippen LogP contribution in [0.25, 0.3) is 0 Å². The number of thioether (sulfide) groups is 1. The van der Waals surface area contributed by atoms with Crippen LogP contribution in [0.5, 0.6) is 0 Å². The van der Waals surface area contributed by atoms with Gasteiger partial charge in [-0.3, -0.25) is 4.90 Å². The van der Waals surface area contributed by atoms with Crippen LogP contribution < -0.4 is 5.32 Å². The monoisotopic (exact) mass is 342 g/mol. The van der Waals surface area contributed by atoms with Crippen molar-refractivity contribution in [3.8, 4) is 0 Å². The topological polar surface area (TPSA) is 21.8 Å². The van der Waals surface area contributed by atoms with Crippen molar-refractivity contribution in [1.82, 2.24) is 20.0 Å². The Balaban J connectivity index is 1.61. The lowest BCUT2D eigenvalue weighted by Crippen LogP contribution is -2.50. The van der Waals surface area contributed by atoms with Gasteiger partial charge in [0.2, 0.25) is 0 Å². The van der Waals surface area contributed by atoms with Gasteiger partial charge in [-0.2, -0.15) is 0 Å². The smallest absolute Gasteiger partial charge is 0.0664 e. The third kappa shape index (κ3) is 7.74. The summed E-state index contributed by atoms with van der Waals surface area (Å²) in [5, 5.41) is 5.08. The molecule has 2 unspecified atom stereocenters. The molecule has 2 atom stereocenters. The lowest BCUT2D eigenvalue weighted by Gasteiger charge is -2.36. The third-order valence-corrected chi connectivity index (χ3v) is 6.44. The van der Waals surface area contributed by atoms with Crippen LogP contribution in [0.1, 0.15) is 33.6 Å². The molecule has 0 aromatic heterocycles. The second-order valence-corrected chi connectivity index (χ2v) is 9.45. The molecule has 2 saturated heterocycles. The third-order valence-electron chi connectivity index (χ3n) is 5.09. The summed E-state index contributed by atoms with van der Waals surface area (Å²) in [6.07, 6.45) is 2.65. The standard InChI is InChI=1S/C18H38N4S/c1-16(2)5-8-22-10-7-19-18(15-22)23-17(3)6-9-21-13-11-20(4)12-14-21/h16-19H,5-15H2,1-4H3. The van der Waals surface area contributed by atoms with Crippen molar-refractivity contribution in [2.75, 3.05) is 66.0 Å². The van der Waals surface area contributed by atoms with Gasteiger partial charge in [-0.15, -0.1) is 11.8 Å². The number of nitrogens with one attached hydrogen (secondary N) is 1. The Morgan fingerprint density at radius 1 is 0.957 bits per heavy atom. The summed E-state index contributed by atoms with van der Waals surface area (Å²) in [5.41, 5.74) is 0. The molecule has 0 aliphatic carbocycles. The van der Waals surface area contributed by atoms with Gasteiger partial charge in [0.25, 0.3) is 0 Å². The summed E-state index contributed by atoms with van der Waals surface area (Å²) in [7, 11) is 2.23. The average Bonchev–Trinajstić information content (AvgIpc) is 2.53. The molecule has 2 fully saturated rings. The first kappa shape index (κ1) is 19.5. The van der Waals surface area contributed by atoms with Crippen LogP contribution in [0.4, 0.5) is 0 Å². The molecule has 2 heterocycles. The molecule has 136 valence electrons. The van der Waals surface area contributed by atoms with Crippen molar-refractivity contribution >= 4 is 11.8 Å². The van der Waals surface area contributed by atoms with E-state index in [1.165, 1.54) is 65.2 Å². The van der Waals surface area contributed by atoms with Crippen molar-refractivity contribution in [2.45, 2.75) is 44.2 Å². The maximum absolute atomic E-state index is 3.71. The molecule has 2 rings (SSSR count). The summed E-state index contributed by atoms with van der Waals surface area (Å²) in [5.74, 6) is 0.818. The van der Waals surface area contributed by atoms with Gasteiger partial charge < -0.3 is 15.1 Å². The van der Waals surface area contributed by atoms with Gasteiger partial charge in [-0.25, -0.2) is 0 Å². The number of hydrogen-bond acceptors (Lipinski definition) is 5. The molecule has 0 saturated carbocycles. The zero-order valence-electron chi connectivity index (χ0n) is 15.8. The van der Waals surface area contributed by atoms with Crippen molar-refractivity contribution in [1.29, 1.82) is 0 Å². The predicted octanol–water partition coefficient (Wildman–Crippen LogP) is 2.02. The van der Waals surface area contributed by atoms with Gasteiger partial charge in [-0.1, -0.05) is 20.8 Å². The molecule has 4 nitrogen and oxygen atoms in total. The number of likely N-dealkylation sites (N-methyl/N-ethyl adjacent to an activating group) is 1. The molecule has 0 amide bonds. The van der Waals surface area contributed by atoms with Crippen LogP contribution in [-0.2, 0) is 0 Å². The summed E-state index contributed by atoms with van der Waals surface area (Å²) < 4.78 is 0. The number of hydrogen-bond donors (Lipinski definition) is 1. The molecular weight excluding hydrogens is 304 g/mol. The molecule has 5 heteroatoms. The zero-order chi connectivity index (χ0) is 16.7. The quantitative estimate of drug-likeness (QED) is 0.727. The van der Waals surface area contributed by atoms with E-state index in [1.54, 1.807) is 0 Å². The highest BCUT2D eigenvalue weighted by molar-refractivity contribution is 8.00. The van der Waals surface area contributed by atoms with Crippen LogP contribution in [0.15, 0.2) is 0 Å². The second-order valence-electron chi connectivity index (χ2n) is 7.81. The number of rotatable bonds is 8. The first-order valence-corrected chi connectivity index (χ1v) is 10.5. The first-order valence-electron chi connectivity index (χ1n) is 9.55. The Morgan fingerprint density at radius 3 is 2.35 bits per heavy atom. The maximum Gasteiger partial charge on any atom is 0.0664 e. The highest BCUT2D eigenvalue weighted by atomic mass is 32.2.